The van der Waals surface area contributed by atoms with Crippen molar-refractivity contribution in [3.05, 3.63) is 0 Å². The zero-order valence-electron chi connectivity index (χ0n) is 10.4. The second-order valence-corrected chi connectivity index (χ2v) is 4.16. The van der Waals surface area contributed by atoms with Gasteiger partial charge in [0.2, 0.25) is 0 Å². The van der Waals surface area contributed by atoms with E-state index in [9.17, 15) is 4.79 Å². The van der Waals surface area contributed by atoms with Gasteiger partial charge < -0.3 is 14.2 Å². The molecule has 94 valence electrons. The summed E-state index contributed by atoms with van der Waals surface area (Å²) < 4.78 is 15.8. The van der Waals surface area contributed by atoms with Gasteiger partial charge in [0.05, 0.1) is 13.7 Å². The summed E-state index contributed by atoms with van der Waals surface area (Å²) in [6, 6.07) is 0. The highest BCUT2D eigenvalue weighted by molar-refractivity contribution is 5.69. The van der Waals surface area contributed by atoms with Gasteiger partial charge in [0, 0.05) is 19.4 Å². The van der Waals surface area contributed by atoms with Crippen LogP contribution < -0.4 is 0 Å². The molecule has 4 nitrogen and oxygen atoms in total. The Kier molecular flexibility index (Phi) is 5.77. The van der Waals surface area contributed by atoms with Crippen LogP contribution in [0.25, 0.3) is 0 Å². The third-order valence-electron chi connectivity index (χ3n) is 3.19. The highest BCUT2D eigenvalue weighted by atomic mass is 16.7. The van der Waals surface area contributed by atoms with Crippen molar-refractivity contribution >= 4 is 5.97 Å². The normalized spacial score (nSPS) is 30.1. The van der Waals surface area contributed by atoms with Crippen LogP contribution in [0, 0.1) is 11.8 Å². The van der Waals surface area contributed by atoms with Crippen LogP contribution >= 0.6 is 0 Å². The molecule has 4 heteroatoms. The second-order valence-electron chi connectivity index (χ2n) is 4.16. The minimum atomic E-state index is -0.151. The molecular formula is C12H22O4. The summed E-state index contributed by atoms with van der Waals surface area (Å²) in [6.45, 7) is 5.40. The second kappa shape index (κ2) is 6.86. The van der Waals surface area contributed by atoms with E-state index < -0.39 is 0 Å². The first kappa shape index (κ1) is 13.5. The van der Waals surface area contributed by atoms with Crippen LogP contribution in [0.1, 0.15) is 33.1 Å². The number of rotatable bonds is 5. The Labute approximate surface area is 97.2 Å². The highest BCUT2D eigenvalue weighted by Crippen LogP contribution is 2.31. The zero-order chi connectivity index (χ0) is 12.0. The molecule has 0 saturated carbocycles. The van der Waals surface area contributed by atoms with Crippen molar-refractivity contribution in [2.24, 2.45) is 11.8 Å². The molecule has 1 fully saturated rings. The van der Waals surface area contributed by atoms with Gasteiger partial charge in [-0.2, -0.15) is 0 Å². The van der Waals surface area contributed by atoms with E-state index in [0.29, 0.717) is 31.5 Å². The molecule has 0 bridgehead atoms. The smallest absolute Gasteiger partial charge is 0.305 e. The zero-order valence-corrected chi connectivity index (χ0v) is 10.4. The fourth-order valence-electron chi connectivity index (χ4n) is 2.18. The molecule has 0 aromatic carbocycles. The standard InChI is InChI=1S/C12H22O4/c1-4-9-8-16-12(15-5-2)7-10(9)6-11(13)14-3/h9-10,12H,4-8H2,1-3H3/t9-,10-,12+/m0/s1. The summed E-state index contributed by atoms with van der Waals surface area (Å²) in [7, 11) is 1.43. The van der Waals surface area contributed by atoms with E-state index in [1.165, 1.54) is 7.11 Å². The lowest BCUT2D eigenvalue weighted by atomic mass is 9.83. The first-order valence-electron chi connectivity index (χ1n) is 6.01. The van der Waals surface area contributed by atoms with E-state index in [1.807, 2.05) is 6.92 Å². The van der Waals surface area contributed by atoms with Gasteiger partial charge >= 0.3 is 5.97 Å². The van der Waals surface area contributed by atoms with E-state index in [4.69, 9.17) is 14.2 Å². The van der Waals surface area contributed by atoms with Crippen molar-refractivity contribution < 1.29 is 19.0 Å². The van der Waals surface area contributed by atoms with Crippen LogP contribution in [0.5, 0.6) is 0 Å². The molecule has 0 aliphatic carbocycles. The summed E-state index contributed by atoms with van der Waals surface area (Å²) in [5.41, 5.74) is 0. The maximum absolute atomic E-state index is 11.3. The fourth-order valence-corrected chi connectivity index (χ4v) is 2.18. The Morgan fingerprint density at radius 1 is 1.38 bits per heavy atom. The van der Waals surface area contributed by atoms with E-state index in [0.717, 1.165) is 12.8 Å². The van der Waals surface area contributed by atoms with Gasteiger partial charge in [-0.05, 0) is 18.8 Å². The molecule has 1 rings (SSSR count). The van der Waals surface area contributed by atoms with E-state index in [1.54, 1.807) is 0 Å². The molecule has 1 aliphatic heterocycles. The van der Waals surface area contributed by atoms with Crippen LogP contribution in [0.4, 0.5) is 0 Å². The molecule has 1 aliphatic rings. The van der Waals surface area contributed by atoms with E-state index >= 15 is 0 Å². The maximum atomic E-state index is 11.3. The number of carbonyl (C=O) groups excluding carboxylic acids is 1. The van der Waals surface area contributed by atoms with Crippen molar-refractivity contribution in [1.82, 2.24) is 0 Å². The monoisotopic (exact) mass is 230 g/mol. The van der Waals surface area contributed by atoms with Gasteiger partial charge in [0.25, 0.3) is 0 Å². The molecule has 0 amide bonds. The first-order chi connectivity index (χ1) is 7.71. The van der Waals surface area contributed by atoms with E-state index in [2.05, 4.69) is 6.92 Å². The summed E-state index contributed by atoms with van der Waals surface area (Å²) in [5.74, 6) is 0.624. The van der Waals surface area contributed by atoms with Crippen LogP contribution in [0.2, 0.25) is 0 Å². The number of hydrogen-bond donors (Lipinski definition) is 0. The third kappa shape index (κ3) is 3.76. The molecule has 1 heterocycles. The Bertz CT molecular complexity index is 217. The molecule has 0 radical (unpaired) electrons. The molecule has 0 unspecified atom stereocenters. The van der Waals surface area contributed by atoms with Crippen molar-refractivity contribution in [2.75, 3.05) is 20.3 Å². The minimum Gasteiger partial charge on any atom is -0.469 e. The van der Waals surface area contributed by atoms with Crippen LogP contribution in [0.15, 0.2) is 0 Å². The third-order valence-corrected chi connectivity index (χ3v) is 3.19. The highest BCUT2D eigenvalue weighted by Gasteiger charge is 2.32. The lowest BCUT2D eigenvalue weighted by Crippen LogP contribution is -2.36. The molecular weight excluding hydrogens is 208 g/mol. The molecule has 3 atom stereocenters. The van der Waals surface area contributed by atoms with Crippen LogP contribution in [-0.2, 0) is 19.0 Å². The van der Waals surface area contributed by atoms with Crippen molar-refractivity contribution in [3.63, 3.8) is 0 Å². The molecule has 16 heavy (non-hydrogen) atoms. The molecule has 0 aromatic heterocycles. The van der Waals surface area contributed by atoms with Crippen LogP contribution in [-0.4, -0.2) is 32.6 Å². The minimum absolute atomic E-state index is 0.138. The maximum Gasteiger partial charge on any atom is 0.305 e. The summed E-state index contributed by atoms with van der Waals surface area (Å²) in [4.78, 5) is 11.3. The van der Waals surface area contributed by atoms with E-state index in [-0.39, 0.29) is 12.3 Å². The van der Waals surface area contributed by atoms with Gasteiger partial charge in [-0.3, -0.25) is 4.79 Å². The molecule has 1 saturated heterocycles. The number of carbonyl (C=O) groups is 1. The first-order valence-corrected chi connectivity index (χ1v) is 6.01. The Morgan fingerprint density at radius 3 is 2.69 bits per heavy atom. The average molecular weight is 230 g/mol. The van der Waals surface area contributed by atoms with Gasteiger partial charge in [-0.25, -0.2) is 0 Å². The van der Waals surface area contributed by atoms with Gasteiger partial charge in [-0.15, -0.1) is 0 Å². The fraction of sp³-hybridized carbons (Fsp3) is 0.917. The number of esters is 1. The summed E-state index contributed by atoms with van der Waals surface area (Å²) in [5, 5.41) is 0. The predicted octanol–water partition coefficient (Wildman–Crippen LogP) is 1.97. The van der Waals surface area contributed by atoms with Gasteiger partial charge in [0.1, 0.15) is 0 Å². The largest absolute Gasteiger partial charge is 0.469 e. The molecule has 0 aromatic rings. The number of ether oxygens (including phenoxy) is 3. The lowest BCUT2D eigenvalue weighted by Gasteiger charge is -2.35. The lowest BCUT2D eigenvalue weighted by molar-refractivity contribution is -0.191. The average Bonchev–Trinajstić information content (AvgIpc) is 2.30. The molecule has 0 spiro atoms. The van der Waals surface area contributed by atoms with Crippen molar-refractivity contribution in [3.8, 4) is 0 Å². The number of hydrogen-bond acceptors (Lipinski definition) is 4. The van der Waals surface area contributed by atoms with Gasteiger partial charge in [0.15, 0.2) is 6.29 Å². The molecule has 0 N–H and O–H groups in total. The Morgan fingerprint density at radius 2 is 2.12 bits per heavy atom. The quantitative estimate of drug-likeness (QED) is 0.677. The van der Waals surface area contributed by atoms with Crippen LogP contribution in [0.3, 0.4) is 0 Å². The summed E-state index contributed by atoms with van der Waals surface area (Å²) in [6.07, 6.45) is 2.15. The predicted molar refractivity (Wildman–Crippen MR) is 59.9 cm³/mol. The SMILES string of the molecule is CCO[C@H]1C[C@H](CC(=O)OC)[C@@H](CC)CO1. The topological polar surface area (TPSA) is 44.8 Å². The van der Waals surface area contributed by atoms with Gasteiger partial charge in [-0.1, -0.05) is 13.3 Å². The Hall–Kier alpha value is -0.610. The number of methoxy groups -OCH3 is 1. The van der Waals surface area contributed by atoms with Crippen molar-refractivity contribution in [2.45, 2.75) is 39.4 Å². The summed E-state index contributed by atoms with van der Waals surface area (Å²) >= 11 is 0. The Balaban J connectivity index is 2.49. The van der Waals surface area contributed by atoms with Crippen molar-refractivity contribution in [1.29, 1.82) is 0 Å².